The summed E-state index contributed by atoms with van der Waals surface area (Å²) in [7, 11) is 1.40. The second kappa shape index (κ2) is 6.70. The Labute approximate surface area is 148 Å². The van der Waals surface area contributed by atoms with E-state index in [2.05, 4.69) is 0 Å². The van der Waals surface area contributed by atoms with Crippen LogP contribution >= 0.6 is 0 Å². The minimum Gasteiger partial charge on any atom is -0.507 e. The molecule has 4 N–H and O–H groups in total. The van der Waals surface area contributed by atoms with Crippen molar-refractivity contribution in [3.63, 3.8) is 0 Å². The third kappa shape index (κ3) is 2.77. The van der Waals surface area contributed by atoms with Crippen molar-refractivity contribution in [3.8, 4) is 28.6 Å². The minimum atomic E-state index is -0.886. The van der Waals surface area contributed by atoms with Crippen LogP contribution in [0.5, 0.6) is 17.2 Å². The van der Waals surface area contributed by atoms with Gasteiger partial charge in [0, 0.05) is 18.2 Å². The molecular weight excluding hydrogens is 340 g/mol. The number of phenolic OH excluding ortho intramolecular Hbond substituents is 3. The topological polar surface area (TPSA) is 120 Å². The molecule has 136 valence electrons. The Balaban J connectivity index is 2.26. The van der Waals surface area contributed by atoms with Crippen molar-refractivity contribution in [2.24, 2.45) is 0 Å². The number of carbonyl (C=O) groups is 1. The van der Waals surface area contributed by atoms with Gasteiger partial charge >= 0.3 is 0 Å². The summed E-state index contributed by atoms with van der Waals surface area (Å²) in [5.74, 6) is -0.750. The normalized spacial score (nSPS) is 13.7. The van der Waals surface area contributed by atoms with E-state index < -0.39 is 12.2 Å². The first kappa shape index (κ1) is 17.8. The molecule has 0 amide bonds. The number of furan rings is 1. The molecule has 0 aliphatic carbocycles. The Morgan fingerprint density at radius 1 is 1.12 bits per heavy atom. The van der Waals surface area contributed by atoms with Gasteiger partial charge in [0.05, 0.1) is 17.1 Å². The van der Waals surface area contributed by atoms with E-state index in [1.54, 1.807) is 12.1 Å². The first-order chi connectivity index (χ1) is 12.4. The van der Waals surface area contributed by atoms with Crippen molar-refractivity contribution in [3.05, 3.63) is 41.5 Å². The third-order valence-electron chi connectivity index (χ3n) is 4.25. The van der Waals surface area contributed by atoms with E-state index in [1.807, 2.05) is 0 Å². The molecule has 3 rings (SSSR count). The lowest BCUT2D eigenvalue weighted by Crippen LogP contribution is -2.16. The largest absolute Gasteiger partial charge is 0.507 e. The fourth-order valence-corrected chi connectivity index (χ4v) is 3.02. The SMILES string of the molecule is COC(c1ccc2oc(-c3ccc(O)c(O)c3)c(C=O)c2c1O)C(C)O. The van der Waals surface area contributed by atoms with Crippen LogP contribution in [0.25, 0.3) is 22.3 Å². The van der Waals surface area contributed by atoms with Crippen molar-refractivity contribution >= 4 is 17.3 Å². The van der Waals surface area contributed by atoms with Crippen LogP contribution in [0.3, 0.4) is 0 Å². The van der Waals surface area contributed by atoms with Crippen molar-refractivity contribution in [2.75, 3.05) is 7.11 Å². The van der Waals surface area contributed by atoms with Crippen LogP contribution in [0.4, 0.5) is 0 Å². The number of rotatable bonds is 5. The van der Waals surface area contributed by atoms with Crippen LogP contribution in [0.2, 0.25) is 0 Å². The molecule has 7 nitrogen and oxygen atoms in total. The Bertz CT molecular complexity index is 972. The second-order valence-electron chi connectivity index (χ2n) is 5.94. The highest BCUT2D eigenvalue weighted by Crippen LogP contribution is 2.42. The monoisotopic (exact) mass is 358 g/mol. The fraction of sp³-hybridized carbons (Fsp3) is 0.211. The average molecular weight is 358 g/mol. The summed E-state index contributed by atoms with van der Waals surface area (Å²) in [6.07, 6.45) is -1.13. The number of aliphatic hydroxyl groups is 1. The maximum absolute atomic E-state index is 11.7. The molecule has 0 saturated carbocycles. The predicted molar refractivity (Wildman–Crippen MR) is 93.5 cm³/mol. The van der Waals surface area contributed by atoms with Gasteiger partial charge in [0.2, 0.25) is 0 Å². The third-order valence-corrected chi connectivity index (χ3v) is 4.25. The molecule has 0 bridgehead atoms. The average Bonchev–Trinajstić information content (AvgIpc) is 2.99. The zero-order chi connectivity index (χ0) is 19.0. The van der Waals surface area contributed by atoms with Crippen molar-refractivity contribution < 1.29 is 34.4 Å². The van der Waals surface area contributed by atoms with Gasteiger partial charge in [0.1, 0.15) is 23.2 Å². The number of hydrogen-bond donors (Lipinski definition) is 4. The molecular formula is C19H18O7. The Morgan fingerprint density at radius 3 is 2.42 bits per heavy atom. The summed E-state index contributed by atoms with van der Waals surface area (Å²) in [6, 6.07) is 7.12. The van der Waals surface area contributed by atoms with E-state index in [0.717, 1.165) is 0 Å². The number of aromatic hydroxyl groups is 3. The Kier molecular flexibility index (Phi) is 4.58. The molecule has 1 heterocycles. The van der Waals surface area contributed by atoms with Crippen LogP contribution < -0.4 is 0 Å². The van der Waals surface area contributed by atoms with Gasteiger partial charge in [-0.25, -0.2) is 0 Å². The van der Waals surface area contributed by atoms with E-state index >= 15 is 0 Å². The van der Waals surface area contributed by atoms with Gasteiger partial charge in [-0.05, 0) is 37.3 Å². The highest BCUT2D eigenvalue weighted by Gasteiger charge is 2.26. The van der Waals surface area contributed by atoms with Gasteiger partial charge in [0.15, 0.2) is 17.8 Å². The van der Waals surface area contributed by atoms with E-state index in [-0.39, 0.29) is 39.5 Å². The maximum Gasteiger partial charge on any atom is 0.158 e. The number of methoxy groups -OCH3 is 1. The predicted octanol–water partition coefficient (Wildman–Crippen LogP) is 3.10. The first-order valence-corrected chi connectivity index (χ1v) is 7.85. The smallest absolute Gasteiger partial charge is 0.158 e. The molecule has 0 aliphatic rings. The lowest BCUT2D eigenvalue weighted by atomic mass is 9.99. The van der Waals surface area contributed by atoms with Gasteiger partial charge in [-0.1, -0.05) is 0 Å². The van der Waals surface area contributed by atoms with E-state index in [0.29, 0.717) is 17.4 Å². The molecule has 0 fully saturated rings. The summed E-state index contributed by atoms with van der Waals surface area (Å²) >= 11 is 0. The summed E-state index contributed by atoms with van der Waals surface area (Å²) in [5, 5.41) is 39.8. The molecule has 0 spiro atoms. The molecule has 26 heavy (non-hydrogen) atoms. The number of fused-ring (bicyclic) bond motifs is 1. The first-order valence-electron chi connectivity index (χ1n) is 7.85. The Hall–Kier alpha value is -3.03. The van der Waals surface area contributed by atoms with Crippen molar-refractivity contribution in [1.82, 2.24) is 0 Å². The molecule has 0 saturated heterocycles. The van der Waals surface area contributed by atoms with Crippen LogP contribution in [-0.4, -0.2) is 39.9 Å². The second-order valence-corrected chi connectivity index (χ2v) is 5.94. The Morgan fingerprint density at radius 2 is 1.85 bits per heavy atom. The van der Waals surface area contributed by atoms with E-state index in [1.165, 1.54) is 32.2 Å². The van der Waals surface area contributed by atoms with E-state index in [4.69, 9.17) is 9.15 Å². The number of aldehydes is 1. The lowest BCUT2D eigenvalue weighted by Gasteiger charge is -2.19. The van der Waals surface area contributed by atoms with Crippen LogP contribution in [-0.2, 0) is 4.74 Å². The summed E-state index contributed by atoms with van der Waals surface area (Å²) in [4.78, 5) is 11.7. The fourth-order valence-electron chi connectivity index (χ4n) is 3.02. The number of aliphatic hydroxyl groups excluding tert-OH is 1. The number of ether oxygens (including phenoxy) is 1. The van der Waals surface area contributed by atoms with Crippen molar-refractivity contribution in [2.45, 2.75) is 19.1 Å². The van der Waals surface area contributed by atoms with Crippen LogP contribution in [0.15, 0.2) is 34.7 Å². The molecule has 1 aromatic heterocycles. The minimum absolute atomic E-state index is 0.0879. The summed E-state index contributed by atoms with van der Waals surface area (Å²) in [6.45, 7) is 1.53. The van der Waals surface area contributed by atoms with Gasteiger partial charge < -0.3 is 29.6 Å². The number of phenols is 3. The molecule has 2 unspecified atom stereocenters. The summed E-state index contributed by atoms with van der Waals surface area (Å²) < 4.78 is 10.9. The molecule has 2 atom stereocenters. The molecule has 3 aromatic rings. The van der Waals surface area contributed by atoms with Gasteiger partial charge in [0.25, 0.3) is 0 Å². The molecule has 2 aromatic carbocycles. The van der Waals surface area contributed by atoms with Crippen LogP contribution in [0, 0.1) is 0 Å². The zero-order valence-electron chi connectivity index (χ0n) is 14.1. The van der Waals surface area contributed by atoms with Gasteiger partial charge in [-0.3, -0.25) is 4.79 Å². The highest BCUT2D eigenvalue weighted by atomic mass is 16.5. The summed E-state index contributed by atoms with van der Waals surface area (Å²) in [5.41, 5.74) is 1.03. The van der Waals surface area contributed by atoms with E-state index in [9.17, 15) is 25.2 Å². The lowest BCUT2D eigenvalue weighted by molar-refractivity contribution is -0.00461. The zero-order valence-corrected chi connectivity index (χ0v) is 14.1. The number of benzene rings is 2. The van der Waals surface area contributed by atoms with Gasteiger partial charge in [-0.2, -0.15) is 0 Å². The van der Waals surface area contributed by atoms with Crippen molar-refractivity contribution in [1.29, 1.82) is 0 Å². The highest BCUT2D eigenvalue weighted by molar-refractivity contribution is 6.06. The maximum atomic E-state index is 11.7. The number of hydrogen-bond acceptors (Lipinski definition) is 7. The van der Waals surface area contributed by atoms with Gasteiger partial charge in [-0.15, -0.1) is 0 Å². The molecule has 0 radical (unpaired) electrons. The van der Waals surface area contributed by atoms with Crippen LogP contribution in [0.1, 0.15) is 28.9 Å². The number of carbonyl (C=O) groups excluding carboxylic acids is 1. The standard InChI is InChI=1S/C19H18O7/c1-9(21)18(25-2)11-4-6-15-16(17(11)24)12(8-20)19(26-15)10-3-5-13(22)14(23)7-10/h3-9,18,21-24H,1-2H3. The molecule has 7 heteroatoms. The quantitative estimate of drug-likeness (QED) is 0.408. The molecule has 0 aliphatic heterocycles.